The maximum Gasteiger partial charge on any atom is 0.307 e. The van der Waals surface area contributed by atoms with Gasteiger partial charge in [0.25, 0.3) is 0 Å². The molecule has 1 heterocycles. The fourth-order valence-corrected chi connectivity index (χ4v) is 1.47. The fraction of sp³-hybridized carbons (Fsp3) is 0.417. The molecule has 0 saturated carbocycles. The summed E-state index contributed by atoms with van der Waals surface area (Å²) in [6.07, 6.45) is 3.37. The molecule has 0 spiro atoms. The highest BCUT2D eigenvalue weighted by Gasteiger charge is 2.16. The Labute approximate surface area is 95.2 Å². The lowest BCUT2D eigenvalue weighted by Gasteiger charge is -2.21. The Morgan fingerprint density at radius 1 is 1.75 bits per heavy atom. The molecule has 0 aliphatic heterocycles. The zero-order valence-electron chi connectivity index (χ0n) is 9.43. The third-order valence-corrected chi connectivity index (χ3v) is 2.30. The van der Waals surface area contributed by atoms with Crippen molar-refractivity contribution in [2.45, 2.75) is 13.5 Å². The second kappa shape index (κ2) is 6.12. The molecule has 88 valence electrons. The van der Waals surface area contributed by atoms with E-state index in [-0.39, 0.29) is 0 Å². The third kappa shape index (κ3) is 3.90. The van der Waals surface area contributed by atoms with Crippen molar-refractivity contribution in [2.24, 2.45) is 5.92 Å². The fourth-order valence-electron chi connectivity index (χ4n) is 1.47. The lowest BCUT2D eigenvalue weighted by molar-refractivity contribution is -0.141. The van der Waals surface area contributed by atoms with Crippen LogP contribution in [-0.2, 0) is 11.3 Å². The molecule has 1 aromatic rings. The third-order valence-electron chi connectivity index (χ3n) is 2.30. The van der Waals surface area contributed by atoms with Gasteiger partial charge < -0.3 is 9.52 Å². The minimum Gasteiger partial charge on any atom is -0.481 e. The minimum atomic E-state index is -0.784. The molecule has 1 aromatic heterocycles. The van der Waals surface area contributed by atoms with Crippen LogP contribution in [0.2, 0.25) is 0 Å². The van der Waals surface area contributed by atoms with Crippen LogP contribution in [0.4, 0.5) is 0 Å². The van der Waals surface area contributed by atoms with E-state index in [1.54, 1.807) is 19.3 Å². The molecule has 0 radical (unpaired) electrons. The molecule has 1 unspecified atom stereocenters. The van der Waals surface area contributed by atoms with Crippen LogP contribution in [0.1, 0.15) is 12.7 Å². The zero-order valence-corrected chi connectivity index (χ0v) is 9.43. The molecule has 0 aliphatic rings. The van der Waals surface area contributed by atoms with Crippen molar-refractivity contribution in [3.63, 3.8) is 0 Å². The molecule has 0 aliphatic carbocycles. The van der Waals surface area contributed by atoms with E-state index in [1.165, 1.54) is 0 Å². The summed E-state index contributed by atoms with van der Waals surface area (Å²) < 4.78 is 5.23. The van der Waals surface area contributed by atoms with E-state index >= 15 is 0 Å². The number of carbonyl (C=O) groups is 1. The molecular formula is C12H17NO3. The number of rotatable bonds is 7. The van der Waals surface area contributed by atoms with E-state index in [2.05, 4.69) is 6.58 Å². The topological polar surface area (TPSA) is 53.7 Å². The van der Waals surface area contributed by atoms with E-state index in [9.17, 15) is 4.79 Å². The molecule has 0 bridgehead atoms. The molecule has 16 heavy (non-hydrogen) atoms. The summed E-state index contributed by atoms with van der Waals surface area (Å²) in [5.74, 6) is -0.345. The van der Waals surface area contributed by atoms with Crippen LogP contribution in [-0.4, -0.2) is 29.1 Å². The highest BCUT2D eigenvalue weighted by molar-refractivity contribution is 5.69. The van der Waals surface area contributed by atoms with Crippen molar-refractivity contribution in [2.75, 3.05) is 13.1 Å². The van der Waals surface area contributed by atoms with Gasteiger partial charge in [-0.3, -0.25) is 9.69 Å². The average Bonchev–Trinajstić information content (AvgIpc) is 2.70. The number of carboxylic acid groups (broad SMARTS) is 1. The largest absolute Gasteiger partial charge is 0.481 e. The Kier molecular flexibility index (Phi) is 4.79. The highest BCUT2D eigenvalue weighted by Crippen LogP contribution is 2.08. The van der Waals surface area contributed by atoms with Crippen molar-refractivity contribution in [1.29, 1.82) is 0 Å². The van der Waals surface area contributed by atoms with Crippen molar-refractivity contribution >= 4 is 5.97 Å². The Balaban J connectivity index is 2.53. The summed E-state index contributed by atoms with van der Waals surface area (Å²) in [5, 5.41) is 8.85. The standard InChI is InChI=1S/C12H17NO3/c1-3-6-13(8-10(2)12(14)15)9-11-5-4-7-16-11/h3-5,7,10H,1,6,8-9H2,2H3,(H,14,15). The van der Waals surface area contributed by atoms with E-state index in [0.717, 1.165) is 5.76 Å². The van der Waals surface area contributed by atoms with Gasteiger partial charge in [0, 0.05) is 13.1 Å². The van der Waals surface area contributed by atoms with Crippen molar-refractivity contribution in [1.82, 2.24) is 4.90 Å². The molecule has 0 fully saturated rings. The van der Waals surface area contributed by atoms with Gasteiger partial charge >= 0.3 is 5.97 Å². The van der Waals surface area contributed by atoms with Gasteiger partial charge in [-0.15, -0.1) is 6.58 Å². The molecule has 1 atom stereocenters. The van der Waals surface area contributed by atoms with Crippen LogP contribution in [0.25, 0.3) is 0 Å². The van der Waals surface area contributed by atoms with E-state index in [4.69, 9.17) is 9.52 Å². The first-order valence-electron chi connectivity index (χ1n) is 5.22. The molecular weight excluding hydrogens is 206 g/mol. The number of hydrogen-bond acceptors (Lipinski definition) is 3. The molecule has 4 nitrogen and oxygen atoms in total. The summed E-state index contributed by atoms with van der Waals surface area (Å²) in [4.78, 5) is 12.8. The van der Waals surface area contributed by atoms with E-state index < -0.39 is 11.9 Å². The van der Waals surface area contributed by atoms with Crippen LogP contribution < -0.4 is 0 Å². The summed E-state index contributed by atoms with van der Waals surface area (Å²) >= 11 is 0. The van der Waals surface area contributed by atoms with Crippen molar-refractivity contribution < 1.29 is 14.3 Å². The number of hydrogen-bond donors (Lipinski definition) is 1. The Hall–Kier alpha value is -1.55. The predicted molar refractivity (Wildman–Crippen MR) is 61.0 cm³/mol. The van der Waals surface area contributed by atoms with Gasteiger partial charge in [-0.2, -0.15) is 0 Å². The Morgan fingerprint density at radius 2 is 2.50 bits per heavy atom. The SMILES string of the molecule is C=CCN(Cc1ccco1)CC(C)C(=O)O. The normalized spacial score (nSPS) is 12.6. The molecule has 0 amide bonds. The number of aliphatic carboxylic acids is 1. The Bertz CT molecular complexity index is 332. The van der Waals surface area contributed by atoms with Crippen LogP contribution in [0.3, 0.4) is 0 Å². The summed E-state index contributed by atoms with van der Waals surface area (Å²) in [5.41, 5.74) is 0. The molecule has 1 rings (SSSR count). The first-order chi connectivity index (χ1) is 7.63. The summed E-state index contributed by atoms with van der Waals surface area (Å²) in [6.45, 7) is 7.10. The van der Waals surface area contributed by atoms with Crippen molar-refractivity contribution in [3.8, 4) is 0 Å². The maximum absolute atomic E-state index is 10.8. The van der Waals surface area contributed by atoms with Crippen LogP contribution in [0, 0.1) is 5.92 Å². The van der Waals surface area contributed by atoms with Gasteiger partial charge in [0.15, 0.2) is 0 Å². The van der Waals surface area contributed by atoms with Crippen molar-refractivity contribution in [3.05, 3.63) is 36.8 Å². The van der Waals surface area contributed by atoms with Gasteiger partial charge in [0.05, 0.1) is 18.7 Å². The monoisotopic (exact) mass is 223 g/mol. The minimum absolute atomic E-state index is 0.394. The predicted octanol–water partition coefficient (Wildman–Crippen LogP) is 1.99. The first kappa shape index (κ1) is 12.5. The molecule has 0 saturated heterocycles. The zero-order chi connectivity index (χ0) is 12.0. The lowest BCUT2D eigenvalue weighted by Crippen LogP contribution is -2.31. The molecule has 1 N–H and O–H groups in total. The molecule has 4 heteroatoms. The summed E-state index contributed by atoms with van der Waals surface area (Å²) in [6, 6.07) is 3.70. The lowest BCUT2D eigenvalue weighted by atomic mass is 10.1. The van der Waals surface area contributed by atoms with Crippen LogP contribution >= 0.6 is 0 Å². The second-order valence-corrected chi connectivity index (χ2v) is 3.80. The quantitative estimate of drug-likeness (QED) is 0.718. The number of furan rings is 1. The van der Waals surface area contributed by atoms with Gasteiger partial charge in [0.2, 0.25) is 0 Å². The van der Waals surface area contributed by atoms with E-state index in [0.29, 0.717) is 19.6 Å². The van der Waals surface area contributed by atoms with Crippen LogP contribution in [0.15, 0.2) is 35.5 Å². The summed E-state index contributed by atoms with van der Waals surface area (Å²) in [7, 11) is 0. The average molecular weight is 223 g/mol. The van der Waals surface area contributed by atoms with Gasteiger partial charge in [-0.1, -0.05) is 13.0 Å². The molecule has 0 aromatic carbocycles. The second-order valence-electron chi connectivity index (χ2n) is 3.80. The van der Waals surface area contributed by atoms with E-state index in [1.807, 2.05) is 17.0 Å². The number of nitrogens with zero attached hydrogens (tertiary/aromatic N) is 1. The first-order valence-corrected chi connectivity index (χ1v) is 5.22. The number of carboxylic acids is 1. The van der Waals surface area contributed by atoms with Gasteiger partial charge in [-0.25, -0.2) is 0 Å². The Morgan fingerprint density at radius 3 is 3.00 bits per heavy atom. The smallest absolute Gasteiger partial charge is 0.307 e. The van der Waals surface area contributed by atoms with Gasteiger partial charge in [0.1, 0.15) is 5.76 Å². The van der Waals surface area contributed by atoms with Gasteiger partial charge in [-0.05, 0) is 12.1 Å². The van der Waals surface area contributed by atoms with Crippen LogP contribution in [0.5, 0.6) is 0 Å². The maximum atomic E-state index is 10.8. The highest BCUT2D eigenvalue weighted by atomic mass is 16.4.